The number of methoxy groups -OCH3 is 1. The Kier molecular flexibility index (Phi) is 6.60. The summed E-state index contributed by atoms with van der Waals surface area (Å²) in [5.74, 6) is -0.624. The summed E-state index contributed by atoms with van der Waals surface area (Å²) in [5, 5.41) is 2.51. The topological polar surface area (TPSA) is 58.6 Å². The van der Waals surface area contributed by atoms with Crippen molar-refractivity contribution in [1.29, 1.82) is 0 Å². The second kappa shape index (κ2) is 8.26. The van der Waals surface area contributed by atoms with Gasteiger partial charge in [-0.3, -0.25) is 14.5 Å². The van der Waals surface area contributed by atoms with E-state index >= 15 is 0 Å². The molecule has 5 heteroatoms. The van der Waals surface area contributed by atoms with Gasteiger partial charge in [-0.1, -0.05) is 30.3 Å². The molecule has 0 aliphatic heterocycles. The minimum atomic E-state index is -0.444. The molecule has 1 amide bonds. The largest absolute Gasteiger partial charge is 0.468 e. The van der Waals surface area contributed by atoms with Crippen LogP contribution in [0, 0.1) is 0 Å². The highest BCUT2D eigenvalue weighted by molar-refractivity contribution is 5.83. The minimum absolute atomic E-state index is 0.0815. The van der Waals surface area contributed by atoms with E-state index in [1.54, 1.807) is 0 Å². The maximum absolute atomic E-state index is 11.5. The Labute approximate surface area is 113 Å². The number of carbonyl (C=O) groups is 2. The molecule has 19 heavy (non-hydrogen) atoms. The number of rotatable bonds is 7. The Hall–Kier alpha value is -1.88. The van der Waals surface area contributed by atoms with E-state index in [-0.39, 0.29) is 19.0 Å². The van der Waals surface area contributed by atoms with E-state index in [1.165, 1.54) is 12.7 Å². The number of benzene rings is 1. The second-order valence-corrected chi connectivity index (χ2v) is 4.33. The molecule has 0 unspecified atom stereocenters. The van der Waals surface area contributed by atoms with Gasteiger partial charge in [0.05, 0.1) is 13.7 Å². The molecular formula is C14H20N2O3. The zero-order valence-corrected chi connectivity index (χ0v) is 11.4. The first-order valence-electron chi connectivity index (χ1n) is 6.18. The predicted octanol–water partition coefficient (Wildman–Crippen LogP) is 0.450. The summed E-state index contributed by atoms with van der Waals surface area (Å²) in [4.78, 5) is 24.3. The van der Waals surface area contributed by atoms with Crippen LogP contribution in [-0.4, -0.2) is 50.6 Å². The Morgan fingerprint density at radius 1 is 1.26 bits per heavy atom. The third-order valence-electron chi connectivity index (χ3n) is 2.70. The van der Waals surface area contributed by atoms with Gasteiger partial charge in [0.15, 0.2) is 0 Å². The maximum atomic E-state index is 11.5. The summed E-state index contributed by atoms with van der Waals surface area (Å²) in [6.07, 6.45) is 0.890. The fourth-order valence-corrected chi connectivity index (χ4v) is 1.59. The molecule has 0 bridgehead atoms. The molecule has 0 saturated carbocycles. The van der Waals surface area contributed by atoms with Gasteiger partial charge >= 0.3 is 5.97 Å². The van der Waals surface area contributed by atoms with Gasteiger partial charge in [0.2, 0.25) is 5.91 Å². The highest BCUT2D eigenvalue weighted by Gasteiger charge is 2.08. The van der Waals surface area contributed by atoms with E-state index in [2.05, 4.69) is 22.2 Å². The van der Waals surface area contributed by atoms with Gasteiger partial charge in [-0.2, -0.15) is 0 Å². The number of amides is 1. The highest BCUT2D eigenvalue weighted by atomic mass is 16.5. The van der Waals surface area contributed by atoms with Crippen LogP contribution in [0.2, 0.25) is 0 Å². The van der Waals surface area contributed by atoms with Gasteiger partial charge in [-0.15, -0.1) is 0 Å². The molecule has 5 nitrogen and oxygen atoms in total. The fraction of sp³-hybridized carbons (Fsp3) is 0.429. The Balaban J connectivity index is 2.21. The third-order valence-corrected chi connectivity index (χ3v) is 2.70. The lowest BCUT2D eigenvalue weighted by atomic mass is 10.1. The van der Waals surface area contributed by atoms with E-state index < -0.39 is 5.97 Å². The third kappa shape index (κ3) is 6.57. The first-order chi connectivity index (χ1) is 9.11. The van der Waals surface area contributed by atoms with Crippen LogP contribution in [-0.2, 0) is 20.7 Å². The predicted molar refractivity (Wildman–Crippen MR) is 72.7 cm³/mol. The van der Waals surface area contributed by atoms with E-state index in [0.29, 0.717) is 0 Å². The monoisotopic (exact) mass is 264 g/mol. The standard InChI is InChI=1S/C14H20N2O3/c1-16(9-8-12-6-4-3-5-7-12)11-13(17)15-10-14(18)19-2/h3-7H,8-11H2,1-2H3,(H,15,17). The lowest BCUT2D eigenvalue weighted by Gasteiger charge is -2.15. The van der Waals surface area contributed by atoms with Crippen LogP contribution < -0.4 is 5.32 Å². The van der Waals surface area contributed by atoms with Crippen LogP contribution in [0.5, 0.6) is 0 Å². The Morgan fingerprint density at radius 3 is 2.58 bits per heavy atom. The van der Waals surface area contributed by atoms with Gasteiger partial charge in [-0.25, -0.2) is 0 Å². The first-order valence-corrected chi connectivity index (χ1v) is 6.18. The van der Waals surface area contributed by atoms with Crippen molar-refractivity contribution in [2.45, 2.75) is 6.42 Å². The SMILES string of the molecule is COC(=O)CNC(=O)CN(C)CCc1ccccc1. The summed E-state index contributed by atoms with van der Waals surface area (Å²) in [6.45, 7) is 0.974. The van der Waals surface area contributed by atoms with Crippen molar-refractivity contribution in [3.63, 3.8) is 0 Å². The molecule has 1 N–H and O–H groups in total. The van der Waals surface area contributed by atoms with Gasteiger partial charge in [-0.05, 0) is 19.0 Å². The van der Waals surface area contributed by atoms with Crippen LogP contribution in [0.15, 0.2) is 30.3 Å². The number of hydrogen-bond donors (Lipinski definition) is 1. The number of carbonyl (C=O) groups excluding carboxylic acids is 2. The Bertz CT molecular complexity index is 406. The highest BCUT2D eigenvalue weighted by Crippen LogP contribution is 2.00. The number of nitrogens with zero attached hydrogens (tertiary/aromatic N) is 1. The Morgan fingerprint density at radius 2 is 1.95 bits per heavy atom. The molecule has 104 valence electrons. The van der Waals surface area contributed by atoms with E-state index in [1.807, 2.05) is 30.1 Å². The average molecular weight is 264 g/mol. The lowest BCUT2D eigenvalue weighted by Crippen LogP contribution is -2.38. The molecule has 0 aliphatic rings. The summed E-state index contributed by atoms with van der Waals surface area (Å²) < 4.78 is 4.44. The number of ether oxygens (including phenoxy) is 1. The smallest absolute Gasteiger partial charge is 0.325 e. The zero-order chi connectivity index (χ0) is 14.1. The van der Waals surface area contributed by atoms with E-state index in [9.17, 15) is 9.59 Å². The molecule has 0 radical (unpaired) electrons. The lowest BCUT2D eigenvalue weighted by molar-refractivity contribution is -0.141. The number of nitrogens with one attached hydrogen (secondary N) is 1. The van der Waals surface area contributed by atoms with Gasteiger partial charge < -0.3 is 10.1 Å². The van der Waals surface area contributed by atoms with E-state index in [4.69, 9.17) is 0 Å². The summed E-state index contributed by atoms with van der Waals surface area (Å²) in [7, 11) is 3.17. The van der Waals surface area contributed by atoms with Crippen LogP contribution in [0.4, 0.5) is 0 Å². The van der Waals surface area contributed by atoms with Crippen molar-refractivity contribution in [3.8, 4) is 0 Å². The number of esters is 1. The van der Waals surface area contributed by atoms with E-state index in [0.717, 1.165) is 13.0 Å². The van der Waals surface area contributed by atoms with Gasteiger partial charge in [0, 0.05) is 6.54 Å². The normalized spacial score (nSPS) is 10.3. The molecular weight excluding hydrogens is 244 g/mol. The van der Waals surface area contributed by atoms with Crippen molar-refractivity contribution in [3.05, 3.63) is 35.9 Å². The summed E-state index contributed by atoms with van der Waals surface area (Å²) in [6, 6.07) is 10.1. The molecule has 0 heterocycles. The summed E-state index contributed by atoms with van der Waals surface area (Å²) in [5.41, 5.74) is 1.24. The molecule has 0 fully saturated rings. The molecule has 1 aromatic carbocycles. The van der Waals surface area contributed by atoms with Gasteiger partial charge in [0.1, 0.15) is 6.54 Å². The van der Waals surface area contributed by atoms with Crippen molar-refractivity contribution >= 4 is 11.9 Å². The molecule has 1 rings (SSSR count). The maximum Gasteiger partial charge on any atom is 0.325 e. The minimum Gasteiger partial charge on any atom is -0.468 e. The van der Waals surface area contributed by atoms with Crippen molar-refractivity contribution in [2.75, 3.05) is 33.8 Å². The molecule has 0 saturated heterocycles. The van der Waals surface area contributed by atoms with Crippen molar-refractivity contribution in [1.82, 2.24) is 10.2 Å². The summed E-state index contributed by atoms with van der Waals surface area (Å²) >= 11 is 0. The number of likely N-dealkylation sites (N-methyl/N-ethyl adjacent to an activating group) is 1. The molecule has 0 aromatic heterocycles. The first kappa shape index (κ1) is 15.2. The fourth-order valence-electron chi connectivity index (χ4n) is 1.59. The van der Waals surface area contributed by atoms with Crippen molar-refractivity contribution < 1.29 is 14.3 Å². The van der Waals surface area contributed by atoms with Crippen molar-refractivity contribution in [2.24, 2.45) is 0 Å². The molecule has 0 atom stereocenters. The van der Waals surface area contributed by atoms with Crippen LogP contribution in [0.3, 0.4) is 0 Å². The van der Waals surface area contributed by atoms with Crippen LogP contribution in [0.1, 0.15) is 5.56 Å². The molecule has 1 aromatic rings. The molecule has 0 aliphatic carbocycles. The number of hydrogen-bond acceptors (Lipinski definition) is 4. The van der Waals surface area contributed by atoms with Gasteiger partial charge in [0.25, 0.3) is 0 Å². The molecule has 0 spiro atoms. The second-order valence-electron chi connectivity index (χ2n) is 4.33. The van der Waals surface area contributed by atoms with Crippen LogP contribution >= 0.6 is 0 Å². The quantitative estimate of drug-likeness (QED) is 0.726. The zero-order valence-electron chi connectivity index (χ0n) is 11.4. The average Bonchev–Trinajstić information content (AvgIpc) is 2.43. The van der Waals surface area contributed by atoms with Crippen LogP contribution in [0.25, 0.3) is 0 Å².